The second-order valence-electron chi connectivity index (χ2n) is 7.75. The molecule has 1 atom stereocenters. The molecular weight excluding hydrogens is 435 g/mol. The average molecular weight is 453 g/mol. The first-order valence-electron chi connectivity index (χ1n) is 9.99. The largest absolute Gasteiger partial charge is 0.416 e. The zero-order chi connectivity index (χ0) is 23.9. The first kappa shape index (κ1) is 22.1. The molecule has 1 aliphatic rings. The van der Waals surface area contributed by atoms with E-state index < -0.39 is 23.6 Å². The van der Waals surface area contributed by atoms with E-state index in [0.29, 0.717) is 17.8 Å². The topological polar surface area (TPSA) is 91.0 Å². The summed E-state index contributed by atoms with van der Waals surface area (Å²) >= 11 is 0. The highest BCUT2D eigenvalue weighted by Crippen LogP contribution is 2.33. The van der Waals surface area contributed by atoms with Crippen molar-refractivity contribution in [2.45, 2.75) is 32.6 Å². The zero-order valence-electron chi connectivity index (χ0n) is 17.6. The van der Waals surface area contributed by atoms with Crippen molar-refractivity contribution >= 4 is 23.2 Å². The molecule has 0 radical (unpaired) electrons. The van der Waals surface area contributed by atoms with Crippen LogP contribution in [0.5, 0.6) is 0 Å². The number of fused-ring (bicyclic) bond motifs is 1. The summed E-state index contributed by atoms with van der Waals surface area (Å²) in [5.74, 6) is -1.02. The smallest absolute Gasteiger partial charge is 0.319 e. The molecule has 1 N–H and O–H groups in total. The molecule has 3 aromatic rings. The molecule has 2 heterocycles. The molecule has 0 aliphatic carbocycles. The number of benzene rings is 2. The van der Waals surface area contributed by atoms with E-state index in [1.54, 1.807) is 26.0 Å². The van der Waals surface area contributed by atoms with Crippen LogP contribution in [-0.4, -0.2) is 27.6 Å². The Hall–Kier alpha value is -4.13. The number of hydrogen-bond donors (Lipinski definition) is 1. The van der Waals surface area contributed by atoms with E-state index in [1.165, 1.54) is 34.0 Å². The van der Waals surface area contributed by atoms with Gasteiger partial charge in [-0.2, -0.15) is 23.5 Å². The van der Waals surface area contributed by atoms with E-state index in [4.69, 9.17) is 0 Å². The highest BCUT2D eigenvalue weighted by Gasteiger charge is 2.36. The quantitative estimate of drug-likeness (QED) is 0.637. The van der Waals surface area contributed by atoms with Gasteiger partial charge in [-0.1, -0.05) is 6.07 Å². The van der Waals surface area contributed by atoms with Crippen molar-refractivity contribution in [2.24, 2.45) is 0 Å². The van der Waals surface area contributed by atoms with Gasteiger partial charge in [-0.15, -0.1) is 0 Å². The van der Waals surface area contributed by atoms with Gasteiger partial charge in [0.1, 0.15) is 5.69 Å². The second-order valence-corrected chi connectivity index (χ2v) is 7.75. The highest BCUT2D eigenvalue weighted by molar-refractivity contribution is 6.13. The Bertz CT molecular complexity index is 1290. The fourth-order valence-electron chi connectivity index (χ4n) is 3.75. The summed E-state index contributed by atoms with van der Waals surface area (Å²) in [5, 5.41) is 16.0. The minimum atomic E-state index is -4.48. The van der Waals surface area contributed by atoms with Crippen LogP contribution >= 0.6 is 0 Å². The third-order valence-electron chi connectivity index (χ3n) is 5.48. The molecular formula is C23H18F3N5O2. The van der Waals surface area contributed by atoms with E-state index in [1.807, 2.05) is 6.07 Å². The number of alkyl halides is 3. The van der Waals surface area contributed by atoms with Gasteiger partial charge in [0.2, 0.25) is 0 Å². The van der Waals surface area contributed by atoms with Crippen molar-refractivity contribution in [1.29, 1.82) is 5.26 Å². The maximum Gasteiger partial charge on any atom is 0.416 e. The number of nitrogens with one attached hydrogen (secondary N) is 1. The van der Waals surface area contributed by atoms with Gasteiger partial charge in [0.15, 0.2) is 0 Å². The molecule has 0 unspecified atom stereocenters. The van der Waals surface area contributed by atoms with Crippen molar-refractivity contribution in [1.82, 2.24) is 9.78 Å². The Morgan fingerprint density at radius 3 is 2.55 bits per heavy atom. The lowest BCUT2D eigenvalue weighted by atomic mass is 10.1. The number of nitrogens with zero attached hydrogens (tertiary/aromatic N) is 4. The van der Waals surface area contributed by atoms with E-state index in [-0.39, 0.29) is 23.0 Å². The minimum Gasteiger partial charge on any atom is -0.319 e. The van der Waals surface area contributed by atoms with Crippen LogP contribution in [0.25, 0.3) is 0 Å². The van der Waals surface area contributed by atoms with Crippen LogP contribution in [-0.2, 0) is 12.7 Å². The Morgan fingerprint density at radius 2 is 1.91 bits per heavy atom. The predicted molar refractivity (Wildman–Crippen MR) is 114 cm³/mol. The van der Waals surface area contributed by atoms with Gasteiger partial charge in [0.25, 0.3) is 11.8 Å². The van der Waals surface area contributed by atoms with Gasteiger partial charge >= 0.3 is 6.18 Å². The molecule has 4 rings (SSSR count). The zero-order valence-corrected chi connectivity index (χ0v) is 17.6. The number of aromatic nitrogens is 2. The maximum atomic E-state index is 13.3. The summed E-state index contributed by atoms with van der Waals surface area (Å²) in [6.07, 6.45) is -3.12. The lowest BCUT2D eigenvalue weighted by Gasteiger charge is -2.34. The summed E-state index contributed by atoms with van der Waals surface area (Å²) in [4.78, 5) is 27.4. The molecule has 1 aromatic heterocycles. The summed E-state index contributed by atoms with van der Waals surface area (Å²) in [6.45, 7) is 3.80. The number of halogens is 3. The molecule has 0 fully saturated rings. The molecule has 10 heteroatoms. The predicted octanol–water partition coefficient (Wildman–Crippen LogP) is 4.38. The fraction of sp³-hybridized carbons (Fsp3) is 0.217. The first-order chi connectivity index (χ1) is 15.6. The van der Waals surface area contributed by atoms with Crippen molar-refractivity contribution in [3.05, 3.63) is 76.6 Å². The molecule has 2 aromatic carbocycles. The van der Waals surface area contributed by atoms with Gasteiger partial charge in [-0.25, -0.2) is 0 Å². The van der Waals surface area contributed by atoms with Crippen molar-refractivity contribution in [3.63, 3.8) is 0 Å². The summed E-state index contributed by atoms with van der Waals surface area (Å²) < 4.78 is 40.2. The number of hydrogen-bond acceptors (Lipinski definition) is 4. The maximum absolute atomic E-state index is 13.3. The van der Waals surface area contributed by atoms with Crippen LogP contribution in [0.2, 0.25) is 0 Å². The first-order valence-corrected chi connectivity index (χ1v) is 9.99. The molecule has 2 amide bonds. The lowest BCUT2D eigenvalue weighted by molar-refractivity contribution is -0.137. The van der Waals surface area contributed by atoms with Crippen molar-refractivity contribution in [2.75, 3.05) is 10.2 Å². The Balaban J connectivity index is 1.63. The van der Waals surface area contributed by atoms with Gasteiger partial charge < -0.3 is 10.2 Å². The van der Waals surface area contributed by atoms with Crippen LogP contribution in [0.15, 0.2) is 48.7 Å². The van der Waals surface area contributed by atoms with Crippen LogP contribution < -0.4 is 10.2 Å². The average Bonchev–Trinajstić information content (AvgIpc) is 3.16. The molecule has 0 saturated heterocycles. The normalized spacial score (nSPS) is 15.7. The molecule has 0 bridgehead atoms. The summed E-state index contributed by atoms with van der Waals surface area (Å²) in [7, 11) is 0. The van der Waals surface area contributed by atoms with Crippen LogP contribution in [0.3, 0.4) is 0 Å². The number of rotatable bonds is 3. The van der Waals surface area contributed by atoms with Crippen molar-refractivity contribution < 1.29 is 22.8 Å². The van der Waals surface area contributed by atoms with E-state index in [0.717, 1.165) is 17.7 Å². The molecule has 0 saturated carbocycles. The third kappa shape index (κ3) is 4.05. The van der Waals surface area contributed by atoms with E-state index in [9.17, 15) is 28.0 Å². The van der Waals surface area contributed by atoms with Gasteiger partial charge in [0, 0.05) is 11.3 Å². The Kier molecular flexibility index (Phi) is 5.41. The number of anilines is 2. The number of nitriles is 1. The summed E-state index contributed by atoms with van der Waals surface area (Å²) in [6, 6.07) is 10.7. The molecule has 1 aliphatic heterocycles. The van der Waals surface area contributed by atoms with Gasteiger partial charge in [-0.05, 0) is 55.8 Å². The fourth-order valence-corrected chi connectivity index (χ4v) is 3.75. The minimum absolute atomic E-state index is 0.119. The standard InChI is InChI=1S/C23H18F3N5O2/c1-13-3-4-15(9-16(13)10-27)21(32)29-19-11-28-30-12-14(2)31(22(33)20(19)30)18-7-5-17(6-8-18)23(24,25)26/h3-9,11,14H,12H2,1-2H3,(H,29,32)/t14-/m0/s1. The lowest BCUT2D eigenvalue weighted by Crippen LogP contribution is -2.47. The molecule has 168 valence electrons. The molecule has 0 spiro atoms. The van der Waals surface area contributed by atoms with Gasteiger partial charge in [0.05, 0.1) is 41.7 Å². The monoisotopic (exact) mass is 453 g/mol. The van der Waals surface area contributed by atoms with Crippen molar-refractivity contribution in [3.8, 4) is 6.07 Å². The summed E-state index contributed by atoms with van der Waals surface area (Å²) in [5.41, 5.74) is 1.13. The number of carbonyl (C=O) groups is 2. The van der Waals surface area contributed by atoms with Crippen LogP contribution in [0, 0.1) is 18.3 Å². The second kappa shape index (κ2) is 8.09. The van der Waals surface area contributed by atoms with E-state index in [2.05, 4.69) is 10.4 Å². The Labute approximate surface area is 187 Å². The molecule has 7 nitrogen and oxygen atoms in total. The number of amides is 2. The number of carbonyl (C=O) groups excluding carboxylic acids is 2. The Morgan fingerprint density at radius 1 is 1.21 bits per heavy atom. The van der Waals surface area contributed by atoms with Crippen LogP contribution in [0.4, 0.5) is 24.5 Å². The molecule has 33 heavy (non-hydrogen) atoms. The SMILES string of the molecule is Cc1ccc(C(=O)Nc2cnn3c2C(=O)N(c2ccc(C(F)(F)F)cc2)[C@@H](C)C3)cc1C#N. The third-order valence-corrected chi connectivity index (χ3v) is 5.48. The van der Waals surface area contributed by atoms with E-state index >= 15 is 0 Å². The van der Waals surface area contributed by atoms with Crippen LogP contribution in [0.1, 0.15) is 44.5 Å². The number of aryl methyl sites for hydroxylation is 1. The van der Waals surface area contributed by atoms with Gasteiger partial charge in [-0.3, -0.25) is 14.3 Å². The highest BCUT2D eigenvalue weighted by atomic mass is 19.4.